The number of likely N-dealkylation sites (tertiary alicyclic amines) is 1. The van der Waals surface area contributed by atoms with Gasteiger partial charge >= 0.3 is 5.97 Å². The number of carbonyl (C=O) groups is 2. The van der Waals surface area contributed by atoms with E-state index < -0.39 is 11.9 Å². The van der Waals surface area contributed by atoms with Gasteiger partial charge in [0.25, 0.3) is 0 Å². The van der Waals surface area contributed by atoms with Crippen molar-refractivity contribution in [3.63, 3.8) is 0 Å². The second-order valence-electron chi connectivity index (χ2n) is 4.47. The molecule has 0 saturated carbocycles. The van der Waals surface area contributed by atoms with Crippen LogP contribution in [0.2, 0.25) is 5.02 Å². The van der Waals surface area contributed by atoms with Gasteiger partial charge < -0.3 is 10.0 Å². The SMILES string of the molecule is O=C(O)[C@H]1CCC(=O)N(Cc2ccc(Cl)cc2)C1. The molecule has 1 aliphatic heterocycles. The normalized spacial score (nSPS) is 19.9. The number of hydrogen-bond acceptors (Lipinski definition) is 2. The predicted octanol–water partition coefficient (Wildman–Crippen LogP) is 2.16. The first-order valence-electron chi connectivity index (χ1n) is 5.81. The topological polar surface area (TPSA) is 57.6 Å². The van der Waals surface area contributed by atoms with Crippen molar-refractivity contribution < 1.29 is 14.7 Å². The fourth-order valence-electron chi connectivity index (χ4n) is 2.08. The van der Waals surface area contributed by atoms with E-state index in [-0.39, 0.29) is 12.5 Å². The predicted molar refractivity (Wildman–Crippen MR) is 67.2 cm³/mol. The Morgan fingerprint density at radius 2 is 2.06 bits per heavy atom. The molecule has 0 unspecified atom stereocenters. The second kappa shape index (κ2) is 5.40. The number of piperidine rings is 1. The van der Waals surface area contributed by atoms with Crippen LogP contribution in [0.1, 0.15) is 18.4 Å². The lowest BCUT2D eigenvalue weighted by Gasteiger charge is -2.30. The average molecular weight is 268 g/mol. The van der Waals surface area contributed by atoms with E-state index in [4.69, 9.17) is 16.7 Å². The molecule has 0 aliphatic carbocycles. The van der Waals surface area contributed by atoms with Crippen molar-refractivity contribution in [3.05, 3.63) is 34.9 Å². The Morgan fingerprint density at radius 1 is 1.39 bits per heavy atom. The van der Waals surface area contributed by atoms with Gasteiger partial charge in [0.2, 0.25) is 5.91 Å². The van der Waals surface area contributed by atoms with Crippen LogP contribution < -0.4 is 0 Å². The summed E-state index contributed by atoms with van der Waals surface area (Å²) in [5.74, 6) is -1.26. The number of halogens is 1. The Hall–Kier alpha value is -1.55. The van der Waals surface area contributed by atoms with Gasteiger partial charge in [-0.05, 0) is 24.1 Å². The number of nitrogens with zero attached hydrogens (tertiary/aromatic N) is 1. The quantitative estimate of drug-likeness (QED) is 0.913. The molecule has 2 rings (SSSR count). The number of aliphatic carboxylic acids is 1. The number of hydrogen-bond donors (Lipinski definition) is 1. The fourth-order valence-corrected chi connectivity index (χ4v) is 2.21. The molecule has 18 heavy (non-hydrogen) atoms. The first-order valence-corrected chi connectivity index (χ1v) is 6.19. The van der Waals surface area contributed by atoms with Crippen molar-refractivity contribution in [2.75, 3.05) is 6.54 Å². The van der Waals surface area contributed by atoms with Gasteiger partial charge in [0.15, 0.2) is 0 Å². The molecule has 1 fully saturated rings. The van der Waals surface area contributed by atoms with Crippen molar-refractivity contribution in [3.8, 4) is 0 Å². The van der Waals surface area contributed by atoms with Crippen LogP contribution in [-0.4, -0.2) is 28.4 Å². The lowest BCUT2D eigenvalue weighted by molar-refractivity contribution is -0.147. The number of benzene rings is 1. The van der Waals surface area contributed by atoms with E-state index >= 15 is 0 Å². The third-order valence-corrected chi connectivity index (χ3v) is 3.39. The summed E-state index contributed by atoms with van der Waals surface area (Å²) >= 11 is 5.79. The van der Waals surface area contributed by atoms with Crippen LogP contribution in [0.5, 0.6) is 0 Å². The average Bonchev–Trinajstić information content (AvgIpc) is 2.34. The highest BCUT2D eigenvalue weighted by atomic mass is 35.5. The van der Waals surface area contributed by atoms with Crippen LogP contribution in [0, 0.1) is 5.92 Å². The summed E-state index contributed by atoms with van der Waals surface area (Å²) < 4.78 is 0. The Labute approximate surface area is 110 Å². The van der Waals surface area contributed by atoms with E-state index in [9.17, 15) is 9.59 Å². The molecule has 1 aromatic rings. The zero-order valence-electron chi connectivity index (χ0n) is 9.80. The summed E-state index contributed by atoms with van der Waals surface area (Å²) in [5.41, 5.74) is 0.957. The minimum absolute atomic E-state index is 0.0162. The van der Waals surface area contributed by atoms with Gasteiger partial charge in [-0.15, -0.1) is 0 Å². The van der Waals surface area contributed by atoms with Crippen molar-refractivity contribution in [2.24, 2.45) is 5.92 Å². The molecule has 0 radical (unpaired) electrons. The van der Waals surface area contributed by atoms with Gasteiger partial charge in [-0.2, -0.15) is 0 Å². The highest BCUT2D eigenvalue weighted by Gasteiger charge is 2.29. The molecule has 96 valence electrons. The van der Waals surface area contributed by atoms with E-state index in [0.29, 0.717) is 24.4 Å². The molecule has 1 N–H and O–H groups in total. The fraction of sp³-hybridized carbons (Fsp3) is 0.385. The number of carboxylic acids is 1. The van der Waals surface area contributed by atoms with E-state index in [1.165, 1.54) is 0 Å². The van der Waals surface area contributed by atoms with Gasteiger partial charge in [-0.3, -0.25) is 9.59 Å². The largest absolute Gasteiger partial charge is 0.481 e. The zero-order valence-corrected chi connectivity index (χ0v) is 10.6. The van der Waals surface area contributed by atoms with Crippen LogP contribution in [0.15, 0.2) is 24.3 Å². The highest BCUT2D eigenvalue weighted by Crippen LogP contribution is 2.20. The van der Waals surface area contributed by atoms with E-state index in [2.05, 4.69) is 0 Å². The lowest BCUT2D eigenvalue weighted by atomic mass is 9.97. The van der Waals surface area contributed by atoms with Crippen LogP contribution in [0.3, 0.4) is 0 Å². The molecule has 1 atom stereocenters. The van der Waals surface area contributed by atoms with E-state index in [0.717, 1.165) is 5.56 Å². The van der Waals surface area contributed by atoms with E-state index in [1.54, 1.807) is 17.0 Å². The first-order chi connectivity index (χ1) is 8.56. The zero-order chi connectivity index (χ0) is 13.1. The molecule has 1 saturated heterocycles. The molecule has 1 amide bonds. The summed E-state index contributed by atoms with van der Waals surface area (Å²) in [6.07, 6.45) is 0.746. The first kappa shape index (κ1) is 12.9. The van der Waals surface area contributed by atoms with Crippen LogP contribution in [0.4, 0.5) is 0 Å². The number of amides is 1. The molecule has 5 heteroatoms. The van der Waals surface area contributed by atoms with Crippen LogP contribution >= 0.6 is 11.6 Å². The highest BCUT2D eigenvalue weighted by molar-refractivity contribution is 6.30. The molecule has 0 bridgehead atoms. The number of rotatable bonds is 3. The summed E-state index contributed by atoms with van der Waals surface area (Å²) in [6, 6.07) is 7.22. The van der Waals surface area contributed by atoms with Gasteiger partial charge in [0.05, 0.1) is 5.92 Å². The van der Waals surface area contributed by atoms with Gasteiger partial charge in [-0.25, -0.2) is 0 Å². The number of carboxylic acid groups (broad SMARTS) is 1. The molecule has 1 aliphatic rings. The van der Waals surface area contributed by atoms with Crippen molar-refractivity contribution in [1.82, 2.24) is 4.90 Å². The molecular weight excluding hydrogens is 254 g/mol. The summed E-state index contributed by atoms with van der Waals surface area (Å²) in [7, 11) is 0. The van der Waals surface area contributed by atoms with Gasteiger partial charge in [0, 0.05) is 24.5 Å². The third-order valence-electron chi connectivity index (χ3n) is 3.14. The molecule has 1 heterocycles. The maximum Gasteiger partial charge on any atom is 0.308 e. The minimum atomic E-state index is -0.830. The standard InChI is InChI=1S/C13H14ClNO3/c14-11-4-1-9(2-5-11)7-15-8-10(13(17)18)3-6-12(15)16/h1-2,4-5,10H,3,6-8H2,(H,17,18)/t10-/m0/s1. The monoisotopic (exact) mass is 267 g/mol. The minimum Gasteiger partial charge on any atom is -0.481 e. The van der Waals surface area contributed by atoms with Gasteiger partial charge in [0.1, 0.15) is 0 Å². The molecular formula is C13H14ClNO3. The summed E-state index contributed by atoms with van der Waals surface area (Å²) in [4.78, 5) is 24.3. The van der Waals surface area contributed by atoms with E-state index in [1.807, 2.05) is 12.1 Å². The molecule has 0 spiro atoms. The third kappa shape index (κ3) is 3.01. The van der Waals surface area contributed by atoms with Crippen molar-refractivity contribution in [2.45, 2.75) is 19.4 Å². The Kier molecular flexibility index (Phi) is 3.87. The Bertz CT molecular complexity index is 458. The second-order valence-corrected chi connectivity index (χ2v) is 4.91. The maximum atomic E-state index is 11.7. The van der Waals surface area contributed by atoms with Gasteiger partial charge in [-0.1, -0.05) is 23.7 Å². The summed E-state index contributed by atoms with van der Waals surface area (Å²) in [6.45, 7) is 0.733. The molecule has 4 nitrogen and oxygen atoms in total. The molecule has 1 aromatic carbocycles. The smallest absolute Gasteiger partial charge is 0.308 e. The summed E-state index contributed by atoms with van der Waals surface area (Å²) in [5, 5.41) is 9.63. The van der Waals surface area contributed by atoms with Crippen LogP contribution in [0.25, 0.3) is 0 Å². The lowest BCUT2D eigenvalue weighted by Crippen LogP contribution is -2.41. The molecule has 0 aromatic heterocycles. The Morgan fingerprint density at radius 3 is 2.67 bits per heavy atom. The van der Waals surface area contributed by atoms with Crippen molar-refractivity contribution in [1.29, 1.82) is 0 Å². The Balaban J connectivity index is 2.04. The number of carbonyl (C=O) groups excluding carboxylic acids is 1. The van der Waals surface area contributed by atoms with Crippen LogP contribution in [-0.2, 0) is 16.1 Å². The maximum absolute atomic E-state index is 11.7. The van der Waals surface area contributed by atoms with Crippen molar-refractivity contribution >= 4 is 23.5 Å².